The molecule has 0 radical (unpaired) electrons. The molecule has 0 spiro atoms. The number of carbonyl (C=O) groups is 1. The van der Waals surface area contributed by atoms with Gasteiger partial charge in [-0.15, -0.1) is 0 Å². The minimum absolute atomic E-state index is 0.157. The molecule has 1 fully saturated rings. The van der Waals surface area contributed by atoms with Gasteiger partial charge in [-0.25, -0.2) is 4.79 Å². The van der Waals surface area contributed by atoms with Gasteiger partial charge in [0.15, 0.2) is 0 Å². The number of halogens is 3. The van der Waals surface area contributed by atoms with Crippen molar-refractivity contribution >= 4 is 5.97 Å². The number of nitrogens with zero attached hydrogens (tertiary/aromatic N) is 1. The van der Waals surface area contributed by atoms with Gasteiger partial charge in [-0.2, -0.15) is 13.2 Å². The average molecular weight is 572 g/mol. The van der Waals surface area contributed by atoms with Crippen LogP contribution < -0.4 is 14.2 Å². The summed E-state index contributed by atoms with van der Waals surface area (Å²) in [5.41, 5.74) is 3.35. The topological polar surface area (TPSA) is 68.2 Å². The molecule has 0 bridgehead atoms. The lowest BCUT2D eigenvalue weighted by molar-refractivity contribution is -0.192. The zero-order chi connectivity index (χ0) is 29.8. The second kappa shape index (κ2) is 12.4. The maximum absolute atomic E-state index is 10.6. The molecule has 9 heteroatoms. The second-order valence-electron chi connectivity index (χ2n) is 10.8. The summed E-state index contributed by atoms with van der Waals surface area (Å²) in [6.45, 7) is 9.81. The first kappa shape index (κ1) is 30.2. The number of fused-ring (bicyclic) bond motifs is 1. The molecule has 2 aliphatic rings. The maximum atomic E-state index is 10.6. The third-order valence-electron chi connectivity index (χ3n) is 7.42. The fourth-order valence-electron chi connectivity index (χ4n) is 5.58. The Morgan fingerprint density at radius 2 is 1.61 bits per heavy atom. The van der Waals surface area contributed by atoms with Crippen LogP contribution in [0, 0.1) is 0 Å². The molecule has 0 amide bonds. The monoisotopic (exact) mass is 571 g/mol. The summed E-state index contributed by atoms with van der Waals surface area (Å²) < 4.78 is 50.1. The number of carboxylic acids is 1. The van der Waals surface area contributed by atoms with Crippen molar-refractivity contribution in [2.24, 2.45) is 0 Å². The van der Waals surface area contributed by atoms with E-state index in [4.69, 9.17) is 24.1 Å². The highest BCUT2D eigenvalue weighted by Gasteiger charge is 2.45. The van der Waals surface area contributed by atoms with E-state index in [-0.39, 0.29) is 11.8 Å². The highest BCUT2D eigenvalue weighted by Crippen LogP contribution is 2.53. The van der Waals surface area contributed by atoms with Gasteiger partial charge in [0.2, 0.25) is 0 Å². The fraction of sp³-hybridized carbons (Fsp3) is 0.406. The molecule has 0 unspecified atom stereocenters. The third-order valence-corrected chi connectivity index (χ3v) is 7.42. The number of benzene rings is 3. The summed E-state index contributed by atoms with van der Waals surface area (Å²) in [4.78, 5) is 11.3. The van der Waals surface area contributed by atoms with Gasteiger partial charge in [-0.05, 0) is 56.1 Å². The summed E-state index contributed by atoms with van der Waals surface area (Å²) >= 11 is 0. The first-order valence-corrected chi connectivity index (χ1v) is 13.6. The van der Waals surface area contributed by atoms with Gasteiger partial charge < -0.3 is 19.3 Å². The van der Waals surface area contributed by atoms with Crippen LogP contribution in [0.15, 0.2) is 72.8 Å². The minimum atomic E-state index is -5.08. The Morgan fingerprint density at radius 1 is 1.00 bits per heavy atom. The highest BCUT2D eigenvalue weighted by molar-refractivity contribution is 5.73. The largest absolute Gasteiger partial charge is 0.497 e. The van der Waals surface area contributed by atoms with Gasteiger partial charge in [-0.3, -0.25) is 4.90 Å². The molecule has 220 valence electrons. The van der Waals surface area contributed by atoms with Crippen LogP contribution in [0.4, 0.5) is 13.2 Å². The van der Waals surface area contributed by atoms with Crippen molar-refractivity contribution in [1.82, 2.24) is 4.90 Å². The standard InChI is InChI=1S/C30H35NO3.C2HF3O2/c1-5-17-31-19-25(20-31)33-23-13-11-21(12-14-23)28-26-16-15-24(32-4)18-27(26)34-30(2,3)29(28)22-9-7-6-8-10-22;3-2(4,5)1(6)7/h6-16,18,25,28-29H,5,17,19-20H2,1-4H3;(H,6,7)/t28-,29+;/m0./s1. The van der Waals surface area contributed by atoms with E-state index in [1.807, 2.05) is 12.1 Å². The molecular formula is C32H36F3NO5. The van der Waals surface area contributed by atoms with Crippen molar-refractivity contribution in [3.63, 3.8) is 0 Å². The van der Waals surface area contributed by atoms with Crippen LogP contribution >= 0.6 is 0 Å². The van der Waals surface area contributed by atoms with Gasteiger partial charge in [-0.1, -0.05) is 55.5 Å². The molecule has 1 N–H and O–H groups in total. The summed E-state index contributed by atoms with van der Waals surface area (Å²) in [7, 11) is 1.70. The number of likely N-dealkylation sites (tertiary alicyclic amines) is 1. The molecule has 0 aromatic heterocycles. The molecule has 2 atom stereocenters. The summed E-state index contributed by atoms with van der Waals surface area (Å²) in [5.74, 6) is 0.218. The number of carboxylic acid groups (broad SMARTS) is 1. The lowest BCUT2D eigenvalue weighted by atomic mass is 9.68. The third kappa shape index (κ3) is 7.14. The molecule has 3 aromatic rings. The highest BCUT2D eigenvalue weighted by atomic mass is 19.4. The molecule has 2 heterocycles. The average Bonchev–Trinajstić information content (AvgIpc) is 2.91. The van der Waals surface area contributed by atoms with Crippen molar-refractivity contribution in [3.05, 3.63) is 89.5 Å². The van der Waals surface area contributed by atoms with E-state index in [2.05, 4.69) is 86.3 Å². The molecule has 0 aliphatic carbocycles. The lowest BCUT2D eigenvalue weighted by Crippen LogP contribution is -2.53. The molecule has 3 aromatic carbocycles. The number of hydrogen-bond acceptors (Lipinski definition) is 5. The summed E-state index contributed by atoms with van der Waals surface area (Å²) in [6.07, 6.45) is -3.59. The Bertz CT molecular complexity index is 1310. The molecule has 0 saturated carbocycles. The van der Waals surface area contributed by atoms with Gasteiger partial charge in [0, 0.05) is 36.6 Å². The van der Waals surface area contributed by atoms with E-state index in [1.54, 1.807) is 7.11 Å². The smallest absolute Gasteiger partial charge is 0.490 e. The van der Waals surface area contributed by atoms with E-state index >= 15 is 0 Å². The quantitative estimate of drug-likeness (QED) is 0.333. The van der Waals surface area contributed by atoms with Crippen molar-refractivity contribution in [2.75, 3.05) is 26.7 Å². The van der Waals surface area contributed by atoms with E-state index in [9.17, 15) is 13.2 Å². The van der Waals surface area contributed by atoms with Gasteiger partial charge in [0.05, 0.1) is 7.11 Å². The fourth-order valence-corrected chi connectivity index (χ4v) is 5.58. The first-order valence-electron chi connectivity index (χ1n) is 13.6. The van der Waals surface area contributed by atoms with Gasteiger partial charge >= 0.3 is 12.1 Å². The molecule has 41 heavy (non-hydrogen) atoms. The predicted molar refractivity (Wildman–Crippen MR) is 150 cm³/mol. The number of alkyl halides is 3. The zero-order valence-corrected chi connectivity index (χ0v) is 23.6. The Balaban J connectivity index is 0.000000493. The number of aliphatic carboxylic acids is 1. The molecular weight excluding hydrogens is 535 g/mol. The van der Waals surface area contributed by atoms with E-state index in [0.717, 1.165) is 36.9 Å². The van der Waals surface area contributed by atoms with Gasteiger partial charge in [0.1, 0.15) is 29.0 Å². The van der Waals surface area contributed by atoms with Crippen LogP contribution in [-0.2, 0) is 4.79 Å². The number of rotatable bonds is 7. The molecule has 6 nitrogen and oxygen atoms in total. The summed E-state index contributed by atoms with van der Waals surface area (Å²) in [6, 6.07) is 25.7. The van der Waals surface area contributed by atoms with Crippen LogP contribution in [0.25, 0.3) is 0 Å². The Kier molecular flexibility index (Phi) is 9.17. The van der Waals surface area contributed by atoms with E-state index < -0.39 is 17.7 Å². The van der Waals surface area contributed by atoms with Gasteiger partial charge in [0.25, 0.3) is 0 Å². The Morgan fingerprint density at radius 3 is 2.17 bits per heavy atom. The Hall–Kier alpha value is -3.72. The lowest BCUT2D eigenvalue weighted by Gasteiger charge is -2.45. The normalized spacial score (nSPS) is 20.0. The van der Waals surface area contributed by atoms with Crippen molar-refractivity contribution in [3.8, 4) is 17.2 Å². The van der Waals surface area contributed by atoms with Crippen LogP contribution in [0.1, 0.15) is 55.7 Å². The van der Waals surface area contributed by atoms with Crippen LogP contribution in [0.2, 0.25) is 0 Å². The van der Waals surface area contributed by atoms with Crippen LogP contribution in [-0.4, -0.2) is 60.6 Å². The molecule has 5 rings (SSSR count). The minimum Gasteiger partial charge on any atom is -0.497 e. The van der Waals surface area contributed by atoms with Crippen LogP contribution in [0.3, 0.4) is 0 Å². The molecule has 2 aliphatic heterocycles. The number of hydrogen-bond donors (Lipinski definition) is 1. The maximum Gasteiger partial charge on any atom is 0.490 e. The van der Waals surface area contributed by atoms with E-state index in [1.165, 1.54) is 23.1 Å². The SMILES string of the molecule is CCCN1CC(Oc2ccc([C@H]3c4ccc(OC)cc4OC(C)(C)[C@@H]3c3ccccc3)cc2)C1.O=C(O)C(F)(F)F. The second-order valence-corrected chi connectivity index (χ2v) is 10.8. The van der Waals surface area contributed by atoms with Crippen molar-refractivity contribution in [2.45, 2.75) is 56.9 Å². The first-order chi connectivity index (χ1) is 19.4. The molecule has 1 saturated heterocycles. The zero-order valence-electron chi connectivity index (χ0n) is 23.6. The predicted octanol–water partition coefficient (Wildman–Crippen LogP) is 6.89. The Labute approximate surface area is 238 Å². The number of ether oxygens (including phenoxy) is 3. The van der Waals surface area contributed by atoms with Crippen LogP contribution in [0.5, 0.6) is 17.2 Å². The summed E-state index contributed by atoms with van der Waals surface area (Å²) in [5, 5.41) is 7.12. The number of methoxy groups -OCH3 is 1. The van der Waals surface area contributed by atoms with Crippen molar-refractivity contribution < 1.29 is 37.3 Å². The van der Waals surface area contributed by atoms with E-state index in [0.29, 0.717) is 6.10 Å². The van der Waals surface area contributed by atoms with Crippen molar-refractivity contribution in [1.29, 1.82) is 0 Å².